The van der Waals surface area contributed by atoms with Crippen molar-refractivity contribution < 1.29 is 24.0 Å². The summed E-state index contributed by atoms with van der Waals surface area (Å²) in [5.74, 6) is -2.49. The van der Waals surface area contributed by atoms with Gasteiger partial charge >= 0.3 is 0 Å². The van der Waals surface area contributed by atoms with Crippen LogP contribution in [0.5, 0.6) is 0 Å². The first-order valence-electron chi connectivity index (χ1n) is 15.1. The number of carbonyl (C=O) groups is 5. The number of hydrogen-bond donors (Lipinski definition) is 3. The molecule has 1 aliphatic heterocycles. The third kappa shape index (κ3) is 6.15. The van der Waals surface area contributed by atoms with E-state index in [9.17, 15) is 24.0 Å². The Bertz CT molecular complexity index is 1240. The van der Waals surface area contributed by atoms with Gasteiger partial charge in [0.25, 0.3) is 5.91 Å². The number of ketones is 1. The van der Waals surface area contributed by atoms with Gasteiger partial charge in [0, 0.05) is 18.5 Å². The Hall–Kier alpha value is -3.49. The number of piperidine rings is 1. The van der Waals surface area contributed by atoms with Gasteiger partial charge in [-0.3, -0.25) is 24.0 Å². The van der Waals surface area contributed by atoms with Gasteiger partial charge in [0.05, 0.1) is 6.04 Å². The SMILES string of the molecule is C=CCNC(=O)C(=O)C(CCC)NC(=O)[C@@H]1[C@@H]2[C@H](CN1C(=O)[C@@H](NC(=O)C(C)(C)C)C1Cc3ccccc3C1)C2(C)C. The molecule has 2 aliphatic carbocycles. The molecule has 9 heteroatoms. The Balaban J connectivity index is 1.59. The topological polar surface area (TPSA) is 125 Å². The molecule has 3 aliphatic rings. The van der Waals surface area contributed by atoms with Crippen molar-refractivity contribution in [2.45, 2.75) is 85.4 Å². The largest absolute Gasteiger partial charge is 0.346 e. The number of likely N-dealkylation sites (tertiary alicyclic amines) is 1. The molecule has 0 bridgehead atoms. The Labute approximate surface area is 249 Å². The summed E-state index contributed by atoms with van der Waals surface area (Å²) in [6.45, 7) is 15.6. The van der Waals surface area contributed by atoms with Gasteiger partial charge in [-0.25, -0.2) is 0 Å². The molecule has 1 aromatic carbocycles. The highest BCUT2D eigenvalue weighted by Crippen LogP contribution is 2.65. The van der Waals surface area contributed by atoms with Crippen molar-refractivity contribution in [2.24, 2.45) is 28.6 Å². The fourth-order valence-corrected chi connectivity index (χ4v) is 6.78. The molecular formula is C33H46N4O5. The summed E-state index contributed by atoms with van der Waals surface area (Å²) >= 11 is 0. The molecule has 1 heterocycles. The Morgan fingerprint density at radius 1 is 1.07 bits per heavy atom. The number of amides is 4. The zero-order valence-electron chi connectivity index (χ0n) is 25.8. The average molecular weight is 579 g/mol. The summed E-state index contributed by atoms with van der Waals surface area (Å²) in [6.07, 6.45) is 3.68. The standard InChI is InChI=1S/C33H46N4O5/c1-8-12-23(27(38)29(40)34-15-9-2)35-28(39)26-24-22(33(24,6)7)18-37(26)30(41)25(36-31(42)32(3,4)5)21-16-19-13-10-11-14-20(19)17-21/h9-11,13-14,21-26H,2,8,12,15-18H2,1,3-7H3,(H,34,40)(H,35,39)(H,36,42)/t22-,23?,24-,25-,26-/m0/s1. The van der Waals surface area contributed by atoms with Crippen LogP contribution in [-0.4, -0.2) is 65.5 Å². The number of hydrogen-bond acceptors (Lipinski definition) is 5. The molecule has 228 valence electrons. The van der Waals surface area contributed by atoms with Gasteiger partial charge in [-0.05, 0) is 53.6 Å². The van der Waals surface area contributed by atoms with E-state index in [4.69, 9.17) is 0 Å². The molecule has 0 radical (unpaired) electrons. The maximum absolute atomic E-state index is 14.4. The molecule has 42 heavy (non-hydrogen) atoms. The van der Waals surface area contributed by atoms with E-state index in [0.29, 0.717) is 32.2 Å². The predicted octanol–water partition coefficient (Wildman–Crippen LogP) is 2.57. The number of Topliss-reactive ketones (excluding diaryl/α,β-unsaturated/α-hetero) is 1. The van der Waals surface area contributed by atoms with Crippen LogP contribution in [-0.2, 0) is 36.8 Å². The molecule has 1 aromatic rings. The van der Waals surface area contributed by atoms with Crippen molar-refractivity contribution >= 4 is 29.4 Å². The minimum atomic E-state index is -0.995. The van der Waals surface area contributed by atoms with E-state index in [1.807, 2.05) is 39.8 Å². The van der Waals surface area contributed by atoms with Crippen molar-refractivity contribution in [2.75, 3.05) is 13.1 Å². The quantitative estimate of drug-likeness (QED) is 0.275. The summed E-state index contributed by atoms with van der Waals surface area (Å²) in [4.78, 5) is 68.5. The van der Waals surface area contributed by atoms with Crippen molar-refractivity contribution in [1.29, 1.82) is 0 Å². The molecule has 9 nitrogen and oxygen atoms in total. The van der Waals surface area contributed by atoms with Crippen LogP contribution in [0.15, 0.2) is 36.9 Å². The summed E-state index contributed by atoms with van der Waals surface area (Å²) in [5.41, 5.74) is 1.50. The normalized spacial score (nSPS) is 23.7. The van der Waals surface area contributed by atoms with E-state index in [-0.39, 0.29) is 41.5 Å². The fourth-order valence-electron chi connectivity index (χ4n) is 6.78. The second-order valence-electron chi connectivity index (χ2n) is 13.7. The van der Waals surface area contributed by atoms with Gasteiger partial charge in [0.2, 0.25) is 23.5 Å². The van der Waals surface area contributed by atoms with Crippen LogP contribution in [0.1, 0.15) is 65.5 Å². The lowest BCUT2D eigenvalue weighted by Crippen LogP contribution is -2.60. The highest BCUT2D eigenvalue weighted by molar-refractivity contribution is 6.38. The van der Waals surface area contributed by atoms with Gasteiger partial charge in [0.1, 0.15) is 12.1 Å². The first kappa shape index (κ1) is 31.4. The molecule has 0 aromatic heterocycles. The van der Waals surface area contributed by atoms with E-state index >= 15 is 0 Å². The van der Waals surface area contributed by atoms with Crippen LogP contribution in [0.25, 0.3) is 0 Å². The van der Waals surface area contributed by atoms with E-state index in [1.165, 1.54) is 17.2 Å². The zero-order chi connectivity index (χ0) is 31.0. The van der Waals surface area contributed by atoms with Crippen molar-refractivity contribution in [3.8, 4) is 0 Å². The average Bonchev–Trinajstić information content (AvgIpc) is 3.31. The number of rotatable bonds is 11. The molecule has 0 spiro atoms. The number of nitrogens with one attached hydrogen (secondary N) is 3. The third-order valence-electron chi connectivity index (χ3n) is 9.39. The Kier molecular flexibility index (Phi) is 9.00. The molecule has 1 saturated heterocycles. The second kappa shape index (κ2) is 12.0. The number of carbonyl (C=O) groups excluding carboxylic acids is 5. The molecule has 4 amide bonds. The lowest BCUT2D eigenvalue weighted by atomic mass is 9.90. The maximum atomic E-state index is 14.4. The van der Waals surface area contributed by atoms with Crippen molar-refractivity contribution in [3.63, 3.8) is 0 Å². The van der Waals surface area contributed by atoms with Gasteiger partial charge in [-0.2, -0.15) is 0 Å². The van der Waals surface area contributed by atoms with Crippen LogP contribution in [0.4, 0.5) is 0 Å². The smallest absolute Gasteiger partial charge is 0.289 e. The van der Waals surface area contributed by atoms with Crippen molar-refractivity contribution in [1.82, 2.24) is 20.9 Å². The zero-order valence-corrected chi connectivity index (χ0v) is 25.8. The molecular weight excluding hydrogens is 532 g/mol. The highest BCUT2D eigenvalue weighted by atomic mass is 16.2. The van der Waals surface area contributed by atoms with Gasteiger partial charge in [-0.1, -0.05) is 78.3 Å². The van der Waals surface area contributed by atoms with E-state index < -0.39 is 41.1 Å². The van der Waals surface area contributed by atoms with Crippen LogP contribution in [0.3, 0.4) is 0 Å². The van der Waals surface area contributed by atoms with Gasteiger partial charge in [0.15, 0.2) is 0 Å². The Morgan fingerprint density at radius 2 is 1.69 bits per heavy atom. The lowest BCUT2D eigenvalue weighted by molar-refractivity contribution is -0.146. The van der Waals surface area contributed by atoms with Crippen molar-refractivity contribution in [3.05, 3.63) is 48.0 Å². The van der Waals surface area contributed by atoms with E-state index in [0.717, 1.165) is 0 Å². The summed E-state index contributed by atoms with van der Waals surface area (Å²) in [6, 6.07) is 5.49. The molecule has 1 saturated carbocycles. The monoisotopic (exact) mass is 578 g/mol. The fraction of sp³-hybridized carbons (Fsp3) is 0.606. The Morgan fingerprint density at radius 3 is 2.24 bits per heavy atom. The summed E-state index contributed by atoms with van der Waals surface area (Å²) in [7, 11) is 0. The van der Waals surface area contributed by atoms with Gasteiger partial charge in [-0.15, -0.1) is 6.58 Å². The molecule has 1 unspecified atom stereocenters. The summed E-state index contributed by atoms with van der Waals surface area (Å²) < 4.78 is 0. The van der Waals surface area contributed by atoms with Crippen LogP contribution < -0.4 is 16.0 Å². The van der Waals surface area contributed by atoms with Crippen LogP contribution in [0, 0.1) is 28.6 Å². The molecule has 4 rings (SSSR count). The predicted molar refractivity (Wildman–Crippen MR) is 160 cm³/mol. The molecule has 5 atom stereocenters. The third-order valence-corrected chi connectivity index (χ3v) is 9.39. The van der Waals surface area contributed by atoms with Crippen LogP contribution in [0.2, 0.25) is 0 Å². The first-order chi connectivity index (χ1) is 19.7. The highest BCUT2D eigenvalue weighted by Gasteiger charge is 2.69. The summed E-state index contributed by atoms with van der Waals surface area (Å²) in [5, 5.41) is 8.38. The van der Waals surface area contributed by atoms with E-state index in [2.05, 4.69) is 48.5 Å². The number of fused-ring (bicyclic) bond motifs is 2. The maximum Gasteiger partial charge on any atom is 0.289 e. The number of nitrogens with zero attached hydrogens (tertiary/aromatic N) is 1. The van der Waals surface area contributed by atoms with E-state index in [1.54, 1.807) is 4.90 Å². The van der Waals surface area contributed by atoms with Crippen LogP contribution >= 0.6 is 0 Å². The lowest BCUT2D eigenvalue weighted by Gasteiger charge is -2.36. The second-order valence-corrected chi connectivity index (χ2v) is 13.7. The number of benzene rings is 1. The minimum Gasteiger partial charge on any atom is -0.346 e. The molecule has 3 N–H and O–H groups in total. The minimum absolute atomic E-state index is 0.0758. The molecule has 2 fully saturated rings. The first-order valence-corrected chi connectivity index (χ1v) is 15.1. The van der Waals surface area contributed by atoms with Gasteiger partial charge < -0.3 is 20.9 Å².